The Labute approximate surface area is 151 Å². The standard InChI is InChI=1S/C13H7Cl5N2O2/c14-6-2-1-5(7(15)3-6)4-22-13(21)11-8(16)10(19)9(17)12(18)20-11/h1-3H,4H2,(H2,19,20). The van der Waals surface area contributed by atoms with Crippen LogP contribution in [-0.4, -0.2) is 11.0 Å². The highest BCUT2D eigenvalue weighted by atomic mass is 35.5. The summed E-state index contributed by atoms with van der Waals surface area (Å²) in [5.41, 5.74) is 5.94. The molecule has 0 spiro atoms. The van der Waals surface area contributed by atoms with Gasteiger partial charge in [-0.15, -0.1) is 0 Å². The number of carbonyl (C=O) groups excluding carboxylic acids is 1. The van der Waals surface area contributed by atoms with Gasteiger partial charge in [-0.05, 0) is 12.1 Å². The largest absolute Gasteiger partial charge is 0.456 e. The van der Waals surface area contributed by atoms with E-state index < -0.39 is 5.97 Å². The van der Waals surface area contributed by atoms with Crippen molar-refractivity contribution in [2.75, 3.05) is 5.73 Å². The first kappa shape index (κ1) is 17.4. The second-order valence-corrected chi connectivity index (χ2v) is 6.06. The highest BCUT2D eigenvalue weighted by molar-refractivity contribution is 6.46. The molecule has 0 aliphatic carbocycles. The fourth-order valence-electron chi connectivity index (χ4n) is 1.52. The minimum atomic E-state index is -0.804. The van der Waals surface area contributed by atoms with Crippen LogP contribution in [0.2, 0.25) is 25.2 Å². The third kappa shape index (κ3) is 3.70. The molecule has 1 aromatic heterocycles. The van der Waals surface area contributed by atoms with Gasteiger partial charge in [-0.1, -0.05) is 64.1 Å². The fourth-order valence-corrected chi connectivity index (χ4v) is 2.57. The van der Waals surface area contributed by atoms with E-state index in [1.165, 1.54) is 6.07 Å². The van der Waals surface area contributed by atoms with Gasteiger partial charge in [0.25, 0.3) is 0 Å². The molecular weight excluding hydrogens is 393 g/mol. The summed E-state index contributed by atoms with van der Waals surface area (Å²) in [4.78, 5) is 15.8. The lowest BCUT2D eigenvalue weighted by molar-refractivity contribution is 0.0466. The van der Waals surface area contributed by atoms with Gasteiger partial charge in [0, 0.05) is 15.6 Å². The minimum Gasteiger partial charge on any atom is -0.456 e. The van der Waals surface area contributed by atoms with Gasteiger partial charge >= 0.3 is 5.97 Å². The van der Waals surface area contributed by atoms with Crippen LogP contribution in [0, 0.1) is 0 Å². The monoisotopic (exact) mass is 398 g/mol. The molecule has 0 aliphatic heterocycles. The number of hydrogen-bond acceptors (Lipinski definition) is 4. The molecule has 0 amide bonds. The van der Waals surface area contributed by atoms with Crippen LogP contribution in [0.5, 0.6) is 0 Å². The first-order chi connectivity index (χ1) is 10.3. The number of hydrogen-bond donors (Lipinski definition) is 1. The molecule has 0 bridgehead atoms. The number of nitrogen functional groups attached to an aromatic ring is 1. The van der Waals surface area contributed by atoms with E-state index in [9.17, 15) is 4.79 Å². The van der Waals surface area contributed by atoms with Crippen LogP contribution in [0.25, 0.3) is 0 Å². The third-order valence-corrected chi connectivity index (χ3v) is 4.36. The van der Waals surface area contributed by atoms with E-state index in [0.717, 1.165) is 0 Å². The number of nitrogens with two attached hydrogens (primary N) is 1. The molecule has 2 rings (SSSR count). The predicted molar refractivity (Wildman–Crippen MR) is 89.3 cm³/mol. The highest BCUT2D eigenvalue weighted by Gasteiger charge is 2.21. The summed E-state index contributed by atoms with van der Waals surface area (Å²) in [5, 5.41) is 0.556. The number of carbonyl (C=O) groups is 1. The molecule has 22 heavy (non-hydrogen) atoms. The molecule has 2 aromatic rings. The summed E-state index contributed by atoms with van der Waals surface area (Å²) in [5.74, 6) is -0.804. The molecule has 1 aromatic carbocycles. The van der Waals surface area contributed by atoms with Gasteiger partial charge in [0.2, 0.25) is 0 Å². The minimum absolute atomic E-state index is 0.0241. The van der Waals surface area contributed by atoms with Gasteiger partial charge in [0.15, 0.2) is 10.8 Å². The Bertz CT molecular complexity index is 752. The zero-order chi connectivity index (χ0) is 16.4. The van der Waals surface area contributed by atoms with Crippen LogP contribution in [0.1, 0.15) is 16.1 Å². The molecule has 0 saturated carbocycles. The summed E-state index contributed by atoms with van der Waals surface area (Å²) in [7, 11) is 0. The Morgan fingerprint density at radius 3 is 2.45 bits per heavy atom. The van der Waals surface area contributed by atoms with E-state index in [1.54, 1.807) is 12.1 Å². The second kappa shape index (κ2) is 7.11. The molecule has 0 fully saturated rings. The molecular formula is C13H7Cl5N2O2. The van der Waals surface area contributed by atoms with Gasteiger partial charge in [-0.3, -0.25) is 0 Å². The van der Waals surface area contributed by atoms with E-state index in [0.29, 0.717) is 15.6 Å². The van der Waals surface area contributed by atoms with Crippen molar-refractivity contribution in [2.45, 2.75) is 6.61 Å². The third-order valence-electron chi connectivity index (χ3n) is 2.64. The van der Waals surface area contributed by atoms with Crippen molar-refractivity contribution in [3.8, 4) is 0 Å². The SMILES string of the molecule is Nc1c(Cl)c(Cl)nc(C(=O)OCc2ccc(Cl)cc2Cl)c1Cl. The Morgan fingerprint density at radius 2 is 1.82 bits per heavy atom. The summed E-state index contributed by atoms with van der Waals surface area (Å²) in [6.45, 7) is -0.0903. The Hall–Kier alpha value is -0.910. The van der Waals surface area contributed by atoms with E-state index in [2.05, 4.69) is 4.98 Å². The summed E-state index contributed by atoms with van der Waals surface area (Å²) in [6, 6.07) is 4.80. The molecule has 0 atom stereocenters. The van der Waals surface area contributed by atoms with Crippen molar-refractivity contribution < 1.29 is 9.53 Å². The highest BCUT2D eigenvalue weighted by Crippen LogP contribution is 2.34. The summed E-state index contributed by atoms with van der Waals surface area (Å²) >= 11 is 29.2. The van der Waals surface area contributed by atoms with Crippen LogP contribution < -0.4 is 5.73 Å². The first-order valence-corrected chi connectivity index (χ1v) is 7.61. The van der Waals surface area contributed by atoms with Crippen molar-refractivity contribution in [2.24, 2.45) is 0 Å². The zero-order valence-corrected chi connectivity index (χ0v) is 14.4. The van der Waals surface area contributed by atoms with Crippen LogP contribution in [-0.2, 0) is 11.3 Å². The average molecular weight is 400 g/mol. The maximum atomic E-state index is 12.0. The molecule has 4 nitrogen and oxygen atoms in total. The van der Waals surface area contributed by atoms with E-state index in [4.69, 9.17) is 68.5 Å². The first-order valence-electron chi connectivity index (χ1n) is 5.72. The van der Waals surface area contributed by atoms with Gasteiger partial charge < -0.3 is 10.5 Å². The van der Waals surface area contributed by atoms with E-state index in [1.807, 2.05) is 0 Å². The number of pyridine rings is 1. The second-order valence-electron chi connectivity index (χ2n) is 4.10. The topological polar surface area (TPSA) is 65.2 Å². The predicted octanol–water partition coefficient (Wildman–Crippen LogP) is 5.29. The van der Waals surface area contributed by atoms with Crippen LogP contribution in [0.15, 0.2) is 18.2 Å². The lowest BCUT2D eigenvalue weighted by Gasteiger charge is -2.10. The number of aromatic nitrogens is 1. The van der Waals surface area contributed by atoms with Gasteiger partial charge in [0.05, 0.1) is 10.7 Å². The molecule has 0 aliphatic rings. The summed E-state index contributed by atoms with van der Waals surface area (Å²) < 4.78 is 5.09. The Kier molecular flexibility index (Phi) is 5.64. The molecule has 116 valence electrons. The van der Waals surface area contributed by atoms with Crippen molar-refractivity contribution in [3.05, 3.63) is 54.7 Å². The molecule has 0 radical (unpaired) electrons. The molecule has 0 saturated heterocycles. The zero-order valence-electron chi connectivity index (χ0n) is 10.7. The normalized spacial score (nSPS) is 10.6. The van der Waals surface area contributed by atoms with Crippen LogP contribution in [0.4, 0.5) is 5.69 Å². The molecule has 0 unspecified atom stereocenters. The number of esters is 1. The van der Waals surface area contributed by atoms with Gasteiger partial charge in [0.1, 0.15) is 11.6 Å². The van der Waals surface area contributed by atoms with E-state index in [-0.39, 0.29) is 33.2 Å². The van der Waals surface area contributed by atoms with Gasteiger partial charge in [-0.2, -0.15) is 0 Å². The van der Waals surface area contributed by atoms with Crippen molar-refractivity contribution in [3.63, 3.8) is 0 Å². The van der Waals surface area contributed by atoms with Gasteiger partial charge in [-0.25, -0.2) is 9.78 Å². The summed E-state index contributed by atoms with van der Waals surface area (Å²) in [6.07, 6.45) is 0. The number of anilines is 1. The van der Waals surface area contributed by atoms with Crippen molar-refractivity contribution >= 4 is 69.7 Å². The van der Waals surface area contributed by atoms with Crippen molar-refractivity contribution in [1.82, 2.24) is 4.98 Å². The number of nitrogens with zero attached hydrogens (tertiary/aromatic N) is 1. The molecule has 1 heterocycles. The van der Waals surface area contributed by atoms with E-state index >= 15 is 0 Å². The lowest BCUT2D eigenvalue weighted by Crippen LogP contribution is -2.10. The maximum Gasteiger partial charge on any atom is 0.358 e. The number of halogens is 5. The fraction of sp³-hybridized carbons (Fsp3) is 0.0769. The van der Waals surface area contributed by atoms with Crippen LogP contribution in [0.3, 0.4) is 0 Å². The quantitative estimate of drug-likeness (QED) is 0.562. The average Bonchev–Trinajstić information content (AvgIpc) is 2.47. The smallest absolute Gasteiger partial charge is 0.358 e. The number of rotatable bonds is 3. The Balaban J connectivity index is 2.20. The van der Waals surface area contributed by atoms with Crippen molar-refractivity contribution in [1.29, 1.82) is 0 Å². The number of benzene rings is 1. The Morgan fingerprint density at radius 1 is 1.14 bits per heavy atom. The maximum absolute atomic E-state index is 12.0. The van der Waals surface area contributed by atoms with Crippen LogP contribution >= 0.6 is 58.0 Å². The lowest BCUT2D eigenvalue weighted by atomic mass is 10.2. The number of ether oxygens (including phenoxy) is 1. The molecule has 2 N–H and O–H groups in total. The molecule has 9 heteroatoms.